The Labute approximate surface area is 129 Å². The second-order valence-electron chi connectivity index (χ2n) is 5.12. The molecule has 0 aliphatic carbocycles. The van der Waals surface area contributed by atoms with E-state index in [2.05, 4.69) is 16.9 Å². The lowest BCUT2D eigenvalue weighted by molar-refractivity contribution is -0.129. The summed E-state index contributed by atoms with van der Waals surface area (Å²) in [5.41, 5.74) is 0. The first-order chi connectivity index (χ1) is 10.1. The van der Waals surface area contributed by atoms with Crippen molar-refractivity contribution in [3.63, 3.8) is 0 Å². The highest BCUT2D eigenvalue weighted by molar-refractivity contribution is 7.13. The van der Waals surface area contributed by atoms with E-state index in [1.807, 2.05) is 12.3 Å². The molecule has 7 heteroatoms. The van der Waals surface area contributed by atoms with Crippen LogP contribution in [-0.4, -0.2) is 67.9 Å². The molecule has 1 fully saturated rings. The lowest BCUT2D eigenvalue weighted by atomic mass is 10.2. The van der Waals surface area contributed by atoms with Crippen LogP contribution in [0.25, 0.3) is 0 Å². The van der Waals surface area contributed by atoms with Gasteiger partial charge in [-0.3, -0.25) is 9.69 Å². The molecule has 1 aliphatic heterocycles. The van der Waals surface area contributed by atoms with Crippen molar-refractivity contribution >= 4 is 22.4 Å². The fourth-order valence-corrected chi connectivity index (χ4v) is 2.99. The van der Waals surface area contributed by atoms with Gasteiger partial charge in [0.25, 0.3) is 5.91 Å². The van der Waals surface area contributed by atoms with Gasteiger partial charge in [-0.15, -0.1) is 11.3 Å². The summed E-state index contributed by atoms with van der Waals surface area (Å²) in [5, 5.41) is 2.57. The Balaban J connectivity index is 2.07. The summed E-state index contributed by atoms with van der Waals surface area (Å²) >= 11 is 1.45. The van der Waals surface area contributed by atoms with Crippen LogP contribution in [0.2, 0.25) is 0 Å². The molecule has 118 valence electrons. The zero-order valence-electron chi connectivity index (χ0n) is 12.8. The Morgan fingerprint density at radius 1 is 1.71 bits per heavy atom. The van der Waals surface area contributed by atoms with E-state index < -0.39 is 6.10 Å². The maximum absolute atomic E-state index is 12.6. The minimum absolute atomic E-state index is 0.00502. The molecular weight excluding hydrogens is 290 g/mol. The van der Waals surface area contributed by atoms with Crippen molar-refractivity contribution in [1.29, 1.82) is 0 Å². The molecule has 0 aromatic carbocycles. The van der Waals surface area contributed by atoms with Crippen molar-refractivity contribution in [3.05, 3.63) is 11.6 Å². The predicted molar refractivity (Wildman–Crippen MR) is 82.8 cm³/mol. The van der Waals surface area contributed by atoms with Crippen molar-refractivity contribution in [1.82, 2.24) is 9.88 Å². The molecule has 1 amide bonds. The van der Waals surface area contributed by atoms with Crippen molar-refractivity contribution in [2.45, 2.75) is 26.1 Å². The number of morpholine rings is 1. The topological polar surface area (TPSA) is 54.9 Å². The van der Waals surface area contributed by atoms with Crippen LogP contribution in [0.5, 0.6) is 0 Å². The Morgan fingerprint density at radius 2 is 2.52 bits per heavy atom. The van der Waals surface area contributed by atoms with Gasteiger partial charge in [-0.05, 0) is 20.9 Å². The summed E-state index contributed by atoms with van der Waals surface area (Å²) in [6.07, 6.45) is 1.24. The molecule has 1 aromatic rings. The summed E-state index contributed by atoms with van der Waals surface area (Å²) in [4.78, 5) is 20.8. The highest BCUT2D eigenvalue weighted by atomic mass is 32.1. The first kappa shape index (κ1) is 16.4. The molecule has 0 spiro atoms. The number of nitrogens with zero attached hydrogens (tertiary/aromatic N) is 3. The van der Waals surface area contributed by atoms with E-state index in [1.165, 1.54) is 11.3 Å². The predicted octanol–water partition coefficient (Wildman–Crippen LogP) is 1.23. The van der Waals surface area contributed by atoms with Crippen molar-refractivity contribution in [2.75, 3.05) is 44.8 Å². The molecule has 2 heterocycles. The number of carbonyl (C=O) groups is 1. The number of thiazole rings is 1. The lowest BCUT2D eigenvalue weighted by Crippen LogP contribution is -2.49. The number of hydrogen-bond acceptors (Lipinski definition) is 6. The summed E-state index contributed by atoms with van der Waals surface area (Å²) in [6.45, 7) is 7.13. The van der Waals surface area contributed by atoms with Gasteiger partial charge in [0.05, 0.1) is 19.3 Å². The van der Waals surface area contributed by atoms with Crippen LogP contribution in [0.4, 0.5) is 5.13 Å². The van der Waals surface area contributed by atoms with Gasteiger partial charge in [-0.2, -0.15) is 0 Å². The van der Waals surface area contributed by atoms with Gasteiger partial charge in [-0.1, -0.05) is 0 Å². The maximum atomic E-state index is 12.6. The van der Waals surface area contributed by atoms with Crippen LogP contribution in [0, 0.1) is 0 Å². The fourth-order valence-electron chi connectivity index (χ4n) is 2.33. The largest absolute Gasteiger partial charge is 0.374 e. The quantitative estimate of drug-likeness (QED) is 0.791. The highest BCUT2D eigenvalue weighted by Gasteiger charge is 2.28. The Morgan fingerprint density at radius 3 is 3.14 bits per heavy atom. The van der Waals surface area contributed by atoms with E-state index in [9.17, 15) is 4.79 Å². The van der Waals surface area contributed by atoms with Crippen molar-refractivity contribution < 1.29 is 14.3 Å². The molecule has 1 aliphatic rings. The van der Waals surface area contributed by atoms with E-state index in [0.29, 0.717) is 24.9 Å². The first-order valence-electron chi connectivity index (χ1n) is 7.24. The average Bonchev–Trinajstić information content (AvgIpc) is 2.98. The number of ether oxygens (including phenoxy) is 2. The Bertz CT molecular complexity index is 441. The van der Waals surface area contributed by atoms with Crippen LogP contribution in [0.3, 0.4) is 0 Å². The van der Waals surface area contributed by atoms with E-state index in [-0.39, 0.29) is 12.0 Å². The zero-order valence-corrected chi connectivity index (χ0v) is 13.6. The van der Waals surface area contributed by atoms with E-state index >= 15 is 0 Å². The van der Waals surface area contributed by atoms with Gasteiger partial charge in [0.2, 0.25) is 0 Å². The van der Waals surface area contributed by atoms with Crippen LogP contribution in [0.15, 0.2) is 11.6 Å². The molecule has 0 unspecified atom stereocenters. The standard InChI is InChI=1S/C14H23N3O3S/c1-4-19-11(2)13(18)17(14-15-5-8-21-14)10-12-9-16(3)6-7-20-12/h5,8,11-12H,4,6-7,9-10H2,1-3H3/t11-,12+/m1/s1. The molecule has 2 atom stereocenters. The van der Waals surface area contributed by atoms with Gasteiger partial charge in [0.1, 0.15) is 6.10 Å². The number of anilines is 1. The number of aromatic nitrogens is 1. The highest BCUT2D eigenvalue weighted by Crippen LogP contribution is 2.20. The summed E-state index contributed by atoms with van der Waals surface area (Å²) in [5.74, 6) is -0.0661. The van der Waals surface area contributed by atoms with Crippen molar-refractivity contribution in [2.24, 2.45) is 0 Å². The smallest absolute Gasteiger partial charge is 0.257 e. The van der Waals surface area contributed by atoms with Gasteiger partial charge < -0.3 is 14.4 Å². The molecular formula is C14H23N3O3S. The molecule has 21 heavy (non-hydrogen) atoms. The molecule has 0 radical (unpaired) electrons. The third-order valence-corrected chi connectivity index (χ3v) is 4.20. The van der Waals surface area contributed by atoms with Gasteiger partial charge in [0, 0.05) is 31.3 Å². The third kappa shape index (κ3) is 4.47. The Hall–Kier alpha value is -1.02. The number of amides is 1. The van der Waals surface area contributed by atoms with Crippen LogP contribution < -0.4 is 4.90 Å². The molecule has 6 nitrogen and oxygen atoms in total. The molecule has 0 saturated carbocycles. The monoisotopic (exact) mass is 313 g/mol. The van der Waals surface area contributed by atoms with E-state index in [1.54, 1.807) is 18.0 Å². The van der Waals surface area contributed by atoms with Gasteiger partial charge >= 0.3 is 0 Å². The second-order valence-corrected chi connectivity index (χ2v) is 5.99. The zero-order chi connectivity index (χ0) is 15.2. The SMILES string of the molecule is CCO[C@H](C)C(=O)N(C[C@@H]1CN(C)CCO1)c1nccs1. The maximum Gasteiger partial charge on any atom is 0.257 e. The summed E-state index contributed by atoms with van der Waals surface area (Å²) in [6, 6.07) is 0. The fraction of sp³-hybridized carbons (Fsp3) is 0.714. The number of hydrogen-bond donors (Lipinski definition) is 0. The van der Waals surface area contributed by atoms with Crippen LogP contribution in [0.1, 0.15) is 13.8 Å². The number of rotatable bonds is 6. The van der Waals surface area contributed by atoms with Gasteiger partial charge in [-0.25, -0.2) is 4.98 Å². The van der Waals surface area contributed by atoms with Crippen LogP contribution in [-0.2, 0) is 14.3 Å². The van der Waals surface area contributed by atoms with Crippen LogP contribution >= 0.6 is 11.3 Å². The molecule has 0 N–H and O–H groups in total. The molecule has 0 bridgehead atoms. The summed E-state index contributed by atoms with van der Waals surface area (Å²) in [7, 11) is 2.06. The number of carbonyl (C=O) groups excluding carboxylic acids is 1. The van der Waals surface area contributed by atoms with E-state index in [0.717, 1.165) is 13.1 Å². The molecule has 2 rings (SSSR count). The molecule has 1 aromatic heterocycles. The van der Waals surface area contributed by atoms with Crippen molar-refractivity contribution in [3.8, 4) is 0 Å². The van der Waals surface area contributed by atoms with E-state index in [4.69, 9.17) is 9.47 Å². The number of likely N-dealkylation sites (N-methyl/N-ethyl adjacent to an activating group) is 1. The normalized spacial score (nSPS) is 21.2. The van der Waals surface area contributed by atoms with Gasteiger partial charge in [0.15, 0.2) is 5.13 Å². The minimum atomic E-state index is -0.472. The first-order valence-corrected chi connectivity index (χ1v) is 8.12. The molecule has 1 saturated heterocycles. The average molecular weight is 313 g/mol. The summed E-state index contributed by atoms with van der Waals surface area (Å²) < 4.78 is 11.2. The minimum Gasteiger partial charge on any atom is -0.374 e. The third-order valence-electron chi connectivity index (χ3n) is 3.41. The second kappa shape index (κ2) is 7.84. The Kier molecular flexibility index (Phi) is 6.10. The lowest BCUT2D eigenvalue weighted by Gasteiger charge is -2.33.